The first-order valence-electron chi connectivity index (χ1n) is 6.07. The van der Waals surface area contributed by atoms with Crippen molar-refractivity contribution >= 4 is 45.4 Å². The fraction of sp³-hybridized carbons (Fsp3) is 0.308. The number of halogens is 2. The molecule has 0 aliphatic carbocycles. The topological polar surface area (TPSA) is 37.0 Å². The van der Waals surface area contributed by atoms with Crippen LogP contribution in [0.25, 0.3) is 0 Å². The second-order valence-electron chi connectivity index (χ2n) is 4.04. The van der Waals surface area contributed by atoms with Crippen LogP contribution in [0.2, 0.25) is 10.0 Å². The quantitative estimate of drug-likeness (QED) is 0.759. The molecule has 0 saturated heterocycles. The summed E-state index contributed by atoms with van der Waals surface area (Å²) in [4.78, 5) is 4.49. The lowest BCUT2D eigenvalue weighted by Gasteiger charge is -2.07. The van der Waals surface area contributed by atoms with Crippen molar-refractivity contribution in [1.29, 1.82) is 0 Å². The summed E-state index contributed by atoms with van der Waals surface area (Å²) in [5.74, 6) is 0. The van der Waals surface area contributed by atoms with Crippen LogP contribution in [0.1, 0.15) is 19.0 Å². The molecule has 2 rings (SSSR count). The van der Waals surface area contributed by atoms with Gasteiger partial charge in [0.25, 0.3) is 0 Å². The molecule has 0 bridgehead atoms. The Kier molecular flexibility index (Phi) is 5.45. The minimum atomic E-state index is 0.591. The normalized spacial score (nSPS) is 10.7. The van der Waals surface area contributed by atoms with E-state index < -0.39 is 0 Å². The first-order valence-corrected chi connectivity index (χ1v) is 7.70. The first-order chi connectivity index (χ1) is 9.20. The summed E-state index contributed by atoms with van der Waals surface area (Å²) in [5, 5.41) is 10.5. The van der Waals surface area contributed by atoms with Crippen LogP contribution in [0.5, 0.6) is 0 Å². The Hall–Kier alpha value is -0.810. The molecule has 0 amide bonds. The number of anilines is 2. The van der Waals surface area contributed by atoms with E-state index in [1.165, 1.54) is 0 Å². The zero-order chi connectivity index (χ0) is 13.7. The van der Waals surface area contributed by atoms with Crippen LogP contribution in [-0.4, -0.2) is 11.5 Å². The number of aromatic nitrogens is 1. The summed E-state index contributed by atoms with van der Waals surface area (Å²) in [5.41, 5.74) is 1.72. The third-order valence-electron chi connectivity index (χ3n) is 2.48. The van der Waals surface area contributed by atoms with Gasteiger partial charge in [0.15, 0.2) is 5.13 Å². The Bertz CT molecular complexity index is 522. The molecule has 0 aliphatic heterocycles. The molecule has 2 N–H and O–H groups in total. The summed E-state index contributed by atoms with van der Waals surface area (Å²) in [6, 6.07) is 5.41. The van der Waals surface area contributed by atoms with Crippen LogP contribution < -0.4 is 10.6 Å². The van der Waals surface area contributed by atoms with E-state index in [4.69, 9.17) is 23.2 Å². The van der Waals surface area contributed by atoms with E-state index in [-0.39, 0.29) is 0 Å². The number of hydrogen-bond donors (Lipinski definition) is 2. The van der Waals surface area contributed by atoms with Gasteiger partial charge in [-0.05, 0) is 25.1 Å². The van der Waals surface area contributed by atoms with Crippen molar-refractivity contribution in [3.8, 4) is 0 Å². The van der Waals surface area contributed by atoms with Gasteiger partial charge in [-0.3, -0.25) is 0 Å². The van der Waals surface area contributed by atoms with Gasteiger partial charge in [0.2, 0.25) is 0 Å². The molecule has 102 valence electrons. The van der Waals surface area contributed by atoms with E-state index in [0.29, 0.717) is 15.7 Å². The molecular formula is C13H15Cl2N3S. The van der Waals surface area contributed by atoms with Crippen LogP contribution in [-0.2, 0) is 6.54 Å². The standard InChI is InChI=1S/C13H15Cl2N3S/c1-2-6-16-7-9-8-19-13(17-9)18-12-10(14)4-3-5-11(12)15/h3-5,8,16H,2,6-7H2,1H3,(H,17,18). The van der Waals surface area contributed by atoms with Gasteiger partial charge in [0, 0.05) is 11.9 Å². The van der Waals surface area contributed by atoms with E-state index in [9.17, 15) is 0 Å². The lowest BCUT2D eigenvalue weighted by Crippen LogP contribution is -2.13. The van der Waals surface area contributed by atoms with Crippen molar-refractivity contribution in [2.45, 2.75) is 19.9 Å². The maximum Gasteiger partial charge on any atom is 0.187 e. The zero-order valence-corrected chi connectivity index (χ0v) is 12.9. The number of rotatable bonds is 6. The largest absolute Gasteiger partial charge is 0.329 e. The summed E-state index contributed by atoms with van der Waals surface area (Å²) < 4.78 is 0. The maximum absolute atomic E-state index is 6.11. The highest BCUT2D eigenvalue weighted by Crippen LogP contribution is 2.33. The summed E-state index contributed by atoms with van der Waals surface area (Å²) in [6.45, 7) is 3.92. The molecule has 19 heavy (non-hydrogen) atoms. The number of thiazole rings is 1. The third-order valence-corrected chi connectivity index (χ3v) is 3.92. The van der Waals surface area contributed by atoms with Crippen LogP contribution in [0.15, 0.2) is 23.6 Å². The summed E-state index contributed by atoms with van der Waals surface area (Å²) >= 11 is 13.8. The molecule has 0 radical (unpaired) electrons. The number of nitrogens with zero attached hydrogens (tertiary/aromatic N) is 1. The maximum atomic E-state index is 6.11. The van der Waals surface area contributed by atoms with Gasteiger partial charge in [0.05, 0.1) is 21.4 Å². The van der Waals surface area contributed by atoms with Crippen molar-refractivity contribution in [3.63, 3.8) is 0 Å². The van der Waals surface area contributed by atoms with Gasteiger partial charge in [0.1, 0.15) is 0 Å². The molecule has 6 heteroatoms. The van der Waals surface area contributed by atoms with Gasteiger partial charge >= 0.3 is 0 Å². The average molecular weight is 316 g/mol. The van der Waals surface area contributed by atoms with Gasteiger partial charge in [-0.25, -0.2) is 4.98 Å². The van der Waals surface area contributed by atoms with E-state index in [1.807, 2.05) is 11.4 Å². The van der Waals surface area contributed by atoms with Gasteiger partial charge in [-0.2, -0.15) is 0 Å². The fourth-order valence-corrected chi connectivity index (χ4v) is 2.77. The van der Waals surface area contributed by atoms with Crippen molar-refractivity contribution in [1.82, 2.24) is 10.3 Å². The molecule has 0 aliphatic rings. The van der Waals surface area contributed by atoms with Crippen LogP contribution in [0.3, 0.4) is 0 Å². The fourth-order valence-electron chi connectivity index (χ4n) is 1.56. The SMILES string of the molecule is CCCNCc1csc(Nc2c(Cl)cccc2Cl)n1. The molecule has 1 aromatic heterocycles. The monoisotopic (exact) mass is 315 g/mol. The molecule has 2 aromatic rings. The highest BCUT2D eigenvalue weighted by Gasteiger charge is 2.08. The number of nitrogens with one attached hydrogen (secondary N) is 2. The highest BCUT2D eigenvalue weighted by molar-refractivity contribution is 7.13. The van der Waals surface area contributed by atoms with E-state index in [2.05, 4.69) is 22.5 Å². The zero-order valence-electron chi connectivity index (χ0n) is 10.5. The van der Waals surface area contributed by atoms with Crippen molar-refractivity contribution in [2.75, 3.05) is 11.9 Å². The molecular weight excluding hydrogens is 301 g/mol. The molecule has 3 nitrogen and oxygen atoms in total. The Morgan fingerprint density at radius 3 is 2.68 bits per heavy atom. The highest BCUT2D eigenvalue weighted by atomic mass is 35.5. The predicted molar refractivity (Wildman–Crippen MR) is 83.9 cm³/mol. The minimum Gasteiger partial charge on any atom is -0.329 e. The number of benzene rings is 1. The van der Waals surface area contributed by atoms with E-state index >= 15 is 0 Å². The van der Waals surface area contributed by atoms with Gasteiger partial charge < -0.3 is 10.6 Å². The van der Waals surface area contributed by atoms with E-state index in [0.717, 1.165) is 30.3 Å². The lowest BCUT2D eigenvalue weighted by atomic mass is 10.3. The van der Waals surface area contributed by atoms with E-state index in [1.54, 1.807) is 23.5 Å². The molecule has 1 aromatic carbocycles. The smallest absolute Gasteiger partial charge is 0.187 e. The Morgan fingerprint density at radius 2 is 2.00 bits per heavy atom. The molecule has 0 saturated carbocycles. The molecule has 0 fully saturated rings. The first kappa shape index (κ1) is 14.6. The second kappa shape index (κ2) is 7.10. The van der Waals surface area contributed by atoms with Crippen LogP contribution >= 0.6 is 34.5 Å². The molecule has 0 unspecified atom stereocenters. The summed E-state index contributed by atoms with van der Waals surface area (Å²) in [6.07, 6.45) is 1.12. The van der Waals surface area contributed by atoms with Crippen molar-refractivity contribution < 1.29 is 0 Å². The lowest BCUT2D eigenvalue weighted by molar-refractivity contribution is 0.667. The van der Waals surface area contributed by atoms with Crippen molar-refractivity contribution in [3.05, 3.63) is 39.3 Å². The van der Waals surface area contributed by atoms with Crippen LogP contribution in [0, 0.1) is 0 Å². The third kappa shape index (κ3) is 4.08. The molecule has 0 spiro atoms. The Labute approximate surface area is 127 Å². The molecule has 1 heterocycles. The van der Waals surface area contributed by atoms with Gasteiger partial charge in [-0.15, -0.1) is 11.3 Å². The van der Waals surface area contributed by atoms with Gasteiger partial charge in [-0.1, -0.05) is 36.2 Å². The number of hydrogen-bond acceptors (Lipinski definition) is 4. The minimum absolute atomic E-state index is 0.591. The molecule has 0 atom stereocenters. The second-order valence-corrected chi connectivity index (χ2v) is 5.71. The Morgan fingerprint density at radius 1 is 1.26 bits per heavy atom. The number of para-hydroxylation sites is 1. The predicted octanol–water partition coefficient (Wildman–Crippen LogP) is 4.69. The Balaban J connectivity index is 2.03. The van der Waals surface area contributed by atoms with Crippen molar-refractivity contribution in [2.24, 2.45) is 0 Å². The average Bonchev–Trinajstić information content (AvgIpc) is 2.82. The van der Waals surface area contributed by atoms with Crippen LogP contribution in [0.4, 0.5) is 10.8 Å². The summed E-state index contributed by atoms with van der Waals surface area (Å²) in [7, 11) is 0.